The molecule has 0 aromatic heterocycles. The Kier molecular flexibility index (Phi) is 4.46. The molecule has 1 N–H and O–H groups in total. The van der Waals surface area contributed by atoms with Crippen molar-refractivity contribution in [3.63, 3.8) is 0 Å². The van der Waals surface area contributed by atoms with Crippen molar-refractivity contribution < 1.29 is 0 Å². The number of rotatable bonds is 4. The van der Waals surface area contributed by atoms with Crippen LogP contribution in [0.2, 0.25) is 0 Å². The van der Waals surface area contributed by atoms with E-state index in [9.17, 15) is 0 Å². The SMILES string of the molecule is CNCCCc1ccc(C)cc1Br. The van der Waals surface area contributed by atoms with E-state index in [2.05, 4.69) is 46.4 Å². The Bertz CT molecular complexity index is 271. The molecule has 1 rings (SSSR count). The zero-order valence-corrected chi connectivity index (χ0v) is 9.82. The molecule has 0 saturated heterocycles. The van der Waals surface area contributed by atoms with Gasteiger partial charge >= 0.3 is 0 Å². The number of nitrogens with one attached hydrogen (secondary N) is 1. The molecule has 0 saturated carbocycles. The molecule has 1 aromatic rings. The van der Waals surface area contributed by atoms with Crippen LogP contribution in [0.4, 0.5) is 0 Å². The zero-order valence-electron chi connectivity index (χ0n) is 8.23. The standard InChI is InChI=1S/C11H16BrN/c1-9-5-6-10(11(12)8-9)4-3-7-13-2/h5-6,8,13H,3-4,7H2,1-2H3. The molecule has 0 aliphatic rings. The van der Waals surface area contributed by atoms with Crippen LogP contribution in [-0.2, 0) is 6.42 Å². The number of halogens is 1. The fraction of sp³-hybridized carbons (Fsp3) is 0.455. The van der Waals surface area contributed by atoms with Gasteiger partial charge in [-0.15, -0.1) is 0 Å². The number of hydrogen-bond acceptors (Lipinski definition) is 1. The summed E-state index contributed by atoms with van der Waals surface area (Å²) in [7, 11) is 1.99. The van der Waals surface area contributed by atoms with Crippen molar-refractivity contribution in [1.82, 2.24) is 5.32 Å². The fourth-order valence-corrected chi connectivity index (χ4v) is 2.00. The summed E-state index contributed by atoms with van der Waals surface area (Å²) >= 11 is 3.58. The fourth-order valence-electron chi connectivity index (χ4n) is 1.31. The third-order valence-corrected chi connectivity index (χ3v) is 2.82. The minimum atomic E-state index is 1.08. The van der Waals surface area contributed by atoms with Gasteiger partial charge in [0.25, 0.3) is 0 Å². The quantitative estimate of drug-likeness (QED) is 0.800. The lowest BCUT2D eigenvalue weighted by molar-refractivity contribution is 0.723. The van der Waals surface area contributed by atoms with Crippen LogP contribution in [0.15, 0.2) is 22.7 Å². The number of aryl methyl sites for hydroxylation is 2. The molecule has 0 aliphatic heterocycles. The lowest BCUT2D eigenvalue weighted by Crippen LogP contribution is -2.08. The topological polar surface area (TPSA) is 12.0 Å². The predicted octanol–water partition coefficient (Wildman–Crippen LogP) is 2.91. The van der Waals surface area contributed by atoms with E-state index >= 15 is 0 Å². The Balaban J connectivity index is 2.56. The summed E-state index contributed by atoms with van der Waals surface area (Å²) in [5, 5.41) is 3.15. The van der Waals surface area contributed by atoms with Gasteiger partial charge in [0.15, 0.2) is 0 Å². The molecule has 0 unspecified atom stereocenters. The monoisotopic (exact) mass is 241 g/mol. The van der Waals surface area contributed by atoms with Crippen LogP contribution in [0.5, 0.6) is 0 Å². The molecule has 72 valence electrons. The first-order valence-electron chi connectivity index (χ1n) is 4.63. The van der Waals surface area contributed by atoms with Gasteiger partial charge in [-0.1, -0.05) is 28.1 Å². The van der Waals surface area contributed by atoms with Gasteiger partial charge < -0.3 is 5.32 Å². The maximum Gasteiger partial charge on any atom is 0.0209 e. The number of benzene rings is 1. The molecule has 1 nitrogen and oxygen atoms in total. The van der Waals surface area contributed by atoms with Gasteiger partial charge in [0, 0.05) is 4.47 Å². The van der Waals surface area contributed by atoms with Gasteiger partial charge in [0.1, 0.15) is 0 Å². The van der Waals surface area contributed by atoms with Gasteiger partial charge in [-0.25, -0.2) is 0 Å². The average molecular weight is 242 g/mol. The first-order chi connectivity index (χ1) is 6.24. The molecule has 0 fully saturated rings. The highest BCUT2D eigenvalue weighted by atomic mass is 79.9. The molecular formula is C11H16BrN. The number of hydrogen-bond donors (Lipinski definition) is 1. The van der Waals surface area contributed by atoms with Crippen molar-refractivity contribution >= 4 is 15.9 Å². The molecular weight excluding hydrogens is 226 g/mol. The zero-order chi connectivity index (χ0) is 9.68. The van der Waals surface area contributed by atoms with Crippen LogP contribution < -0.4 is 5.32 Å². The Morgan fingerprint density at radius 3 is 2.77 bits per heavy atom. The molecule has 0 heterocycles. The van der Waals surface area contributed by atoms with Crippen LogP contribution in [0.1, 0.15) is 17.5 Å². The summed E-state index contributed by atoms with van der Waals surface area (Å²) in [6, 6.07) is 6.54. The van der Waals surface area contributed by atoms with E-state index in [1.807, 2.05) is 7.05 Å². The Morgan fingerprint density at radius 1 is 1.38 bits per heavy atom. The first-order valence-corrected chi connectivity index (χ1v) is 5.43. The van der Waals surface area contributed by atoms with E-state index in [0.717, 1.165) is 13.0 Å². The molecule has 2 heteroatoms. The lowest BCUT2D eigenvalue weighted by atomic mass is 10.1. The molecule has 1 aromatic carbocycles. The highest BCUT2D eigenvalue weighted by Gasteiger charge is 1.98. The molecule has 0 atom stereocenters. The van der Waals surface area contributed by atoms with Crippen molar-refractivity contribution in [2.24, 2.45) is 0 Å². The van der Waals surface area contributed by atoms with Gasteiger partial charge in [-0.3, -0.25) is 0 Å². The minimum Gasteiger partial charge on any atom is -0.320 e. The normalized spacial score (nSPS) is 10.4. The van der Waals surface area contributed by atoms with Crippen LogP contribution in [0.3, 0.4) is 0 Å². The molecule has 0 spiro atoms. The summed E-state index contributed by atoms with van der Waals surface area (Å²) in [6.45, 7) is 3.20. The van der Waals surface area contributed by atoms with Crippen LogP contribution in [-0.4, -0.2) is 13.6 Å². The van der Waals surface area contributed by atoms with Crippen molar-refractivity contribution in [3.05, 3.63) is 33.8 Å². The molecule has 0 bridgehead atoms. The highest BCUT2D eigenvalue weighted by Crippen LogP contribution is 2.19. The second-order valence-corrected chi connectivity index (χ2v) is 4.16. The third kappa shape index (κ3) is 3.49. The predicted molar refractivity (Wildman–Crippen MR) is 61.1 cm³/mol. The van der Waals surface area contributed by atoms with Crippen molar-refractivity contribution in [3.8, 4) is 0 Å². The second kappa shape index (κ2) is 5.40. The second-order valence-electron chi connectivity index (χ2n) is 3.30. The Labute approximate surface area is 88.7 Å². The molecule has 0 radical (unpaired) electrons. The smallest absolute Gasteiger partial charge is 0.0209 e. The van der Waals surface area contributed by atoms with Gasteiger partial charge in [-0.2, -0.15) is 0 Å². The summed E-state index contributed by atoms with van der Waals surface area (Å²) in [6.07, 6.45) is 2.33. The van der Waals surface area contributed by atoms with Gasteiger partial charge in [0.2, 0.25) is 0 Å². The van der Waals surface area contributed by atoms with E-state index in [1.54, 1.807) is 0 Å². The summed E-state index contributed by atoms with van der Waals surface area (Å²) < 4.78 is 1.24. The summed E-state index contributed by atoms with van der Waals surface area (Å²) in [4.78, 5) is 0. The van der Waals surface area contributed by atoms with Crippen molar-refractivity contribution in [2.45, 2.75) is 19.8 Å². The van der Waals surface area contributed by atoms with E-state index in [-0.39, 0.29) is 0 Å². The van der Waals surface area contributed by atoms with Gasteiger partial charge in [0.05, 0.1) is 0 Å². The van der Waals surface area contributed by atoms with Crippen LogP contribution in [0.25, 0.3) is 0 Å². The maximum atomic E-state index is 3.58. The van der Waals surface area contributed by atoms with Crippen LogP contribution >= 0.6 is 15.9 Å². The van der Waals surface area contributed by atoms with E-state index in [1.165, 1.54) is 22.0 Å². The molecule has 0 amide bonds. The first kappa shape index (κ1) is 10.7. The lowest BCUT2D eigenvalue weighted by Gasteiger charge is -2.04. The van der Waals surface area contributed by atoms with Gasteiger partial charge in [-0.05, 0) is 50.6 Å². The highest BCUT2D eigenvalue weighted by molar-refractivity contribution is 9.10. The minimum absolute atomic E-state index is 1.08. The van der Waals surface area contributed by atoms with E-state index < -0.39 is 0 Å². The van der Waals surface area contributed by atoms with Crippen molar-refractivity contribution in [1.29, 1.82) is 0 Å². The van der Waals surface area contributed by atoms with E-state index in [4.69, 9.17) is 0 Å². The largest absolute Gasteiger partial charge is 0.320 e. The third-order valence-electron chi connectivity index (χ3n) is 2.08. The maximum absolute atomic E-state index is 3.58. The van der Waals surface area contributed by atoms with Crippen molar-refractivity contribution in [2.75, 3.05) is 13.6 Å². The van der Waals surface area contributed by atoms with E-state index in [0.29, 0.717) is 0 Å². The Hall–Kier alpha value is -0.340. The Morgan fingerprint density at radius 2 is 2.15 bits per heavy atom. The molecule has 13 heavy (non-hydrogen) atoms. The summed E-state index contributed by atoms with van der Waals surface area (Å²) in [5.41, 5.74) is 2.71. The average Bonchev–Trinajstić information content (AvgIpc) is 2.09. The molecule has 0 aliphatic carbocycles. The van der Waals surface area contributed by atoms with Crippen LogP contribution in [0, 0.1) is 6.92 Å². The summed E-state index contributed by atoms with van der Waals surface area (Å²) in [5.74, 6) is 0.